The Labute approximate surface area is 131 Å². The molecule has 0 aliphatic carbocycles. The van der Waals surface area contributed by atoms with E-state index in [2.05, 4.69) is 37.2 Å². The number of carbonyl (C=O) groups excluding carboxylic acids is 1. The number of halogens is 4. The summed E-state index contributed by atoms with van der Waals surface area (Å²) in [5.41, 5.74) is 0.0450. The average Bonchev–Trinajstić information content (AvgIpc) is 2.65. The van der Waals surface area contributed by atoms with Crippen molar-refractivity contribution in [3.05, 3.63) is 19.2 Å². The second kappa shape index (κ2) is 6.75. The smallest absolute Gasteiger partial charge is 0.253 e. The summed E-state index contributed by atoms with van der Waals surface area (Å²) in [6.45, 7) is 1.95. The van der Waals surface area contributed by atoms with Crippen LogP contribution >= 0.6 is 66.4 Å². The summed E-state index contributed by atoms with van der Waals surface area (Å²) in [4.78, 5) is 12.1. The van der Waals surface area contributed by atoms with Crippen LogP contribution in [0.25, 0.3) is 0 Å². The van der Waals surface area contributed by atoms with E-state index < -0.39 is 5.54 Å². The van der Waals surface area contributed by atoms with Gasteiger partial charge < -0.3 is 5.32 Å². The minimum Gasteiger partial charge on any atom is -0.344 e. The minimum atomic E-state index is -0.548. The topological polar surface area (TPSA) is 29.1 Å². The molecule has 0 bridgehead atoms. The third kappa shape index (κ3) is 3.83. The first-order valence-corrected chi connectivity index (χ1v) is 8.34. The van der Waals surface area contributed by atoms with Gasteiger partial charge in [0.05, 0.1) is 18.7 Å². The molecule has 17 heavy (non-hydrogen) atoms. The van der Waals surface area contributed by atoms with E-state index in [1.165, 1.54) is 11.3 Å². The number of hydrogen-bond donors (Lipinski definition) is 1. The highest BCUT2D eigenvalue weighted by Crippen LogP contribution is 2.32. The molecule has 0 unspecified atom stereocenters. The highest BCUT2D eigenvalue weighted by Gasteiger charge is 2.29. The third-order valence-corrected chi connectivity index (χ3v) is 5.83. The maximum Gasteiger partial charge on any atom is 0.253 e. The first-order chi connectivity index (χ1) is 7.98. The lowest BCUT2D eigenvalue weighted by Gasteiger charge is -2.29. The summed E-state index contributed by atoms with van der Waals surface area (Å²) in [6, 6.07) is 1.77. The predicted octanol–water partition coefficient (Wildman–Crippen LogP) is 4.63. The highest BCUT2D eigenvalue weighted by molar-refractivity contribution is 9.12. The Kier molecular flexibility index (Phi) is 6.26. The Morgan fingerprint density at radius 3 is 2.41 bits per heavy atom. The van der Waals surface area contributed by atoms with Gasteiger partial charge in [-0.1, -0.05) is 6.92 Å². The van der Waals surface area contributed by atoms with Crippen LogP contribution in [0.5, 0.6) is 0 Å². The molecule has 0 saturated carbocycles. The molecular weight excluding hydrogens is 413 g/mol. The molecule has 1 N–H and O–H groups in total. The van der Waals surface area contributed by atoms with Crippen molar-refractivity contribution in [3.8, 4) is 0 Å². The summed E-state index contributed by atoms with van der Waals surface area (Å²) >= 11 is 19.9. The molecule has 2 nitrogen and oxygen atoms in total. The Morgan fingerprint density at radius 1 is 1.47 bits per heavy atom. The number of thiophene rings is 1. The Morgan fingerprint density at radius 2 is 2.06 bits per heavy atom. The molecule has 7 heteroatoms. The lowest BCUT2D eigenvalue weighted by molar-refractivity contribution is 0.0913. The molecule has 1 aromatic heterocycles. The lowest BCUT2D eigenvalue weighted by atomic mass is 10.0. The summed E-state index contributed by atoms with van der Waals surface area (Å²) in [5.74, 6) is 0.422. The van der Waals surface area contributed by atoms with Crippen molar-refractivity contribution in [1.82, 2.24) is 5.32 Å². The van der Waals surface area contributed by atoms with E-state index in [9.17, 15) is 4.79 Å². The second-order valence-corrected chi connectivity index (χ2v) is 7.88. The van der Waals surface area contributed by atoms with Gasteiger partial charge in [-0.25, -0.2) is 0 Å². The molecule has 0 aromatic carbocycles. The SMILES string of the molecule is CCC(CCl)(CCl)NC(=O)c1cc(Br)sc1Br. The molecule has 0 spiro atoms. The zero-order chi connectivity index (χ0) is 13.1. The highest BCUT2D eigenvalue weighted by atomic mass is 79.9. The van der Waals surface area contributed by atoms with Crippen LogP contribution < -0.4 is 5.32 Å². The van der Waals surface area contributed by atoms with Gasteiger partial charge >= 0.3 is 0 Å². The maximum atomic E-state index is 12.1. The monoisotopic (exact) mass is 421 g/mol. The van der Waals surface area contributed by atoms with Gasteiger partial charge in [0.25, 0.3) is 5.91 Å². The fourth-order valence-corrected chi connectivity index (χ4v) is 4.77. The standard InChI is InChI=1S/C10H11Br2Cl2NOS/c1-2-10(4-13,5-14)15-9(16)6-3-7(11)17-8(6)12/h3H,2,4-5H2,1H3,(H,15,16). The zero-order valence-corrected chi connectivity index (χ0v) is 14.5. The van der Waals surface area contributed by atoms with Gasteiger partial charge in [0, 0.05) is 11.8 Å². The van der Waals surface area contributed by atoms with Crippen LogP contribution in [0.4, 0.5) is 0 Å². The number of amides is 1. The van der Waals surface area contributed by atoms with Crippen molar-refractivity contribution < 1.29 is 4.79 Å². The summed E-state index contributed by atoms with van der Waals surface area (Å²) in [7, 11) is 0. The molecule has 1 rings (SSSR count). The summed E-state index contributed by atoms with van der Waals surface area (Å²) in [5, 5.41) is 2.90. The van der Waals surface area contributed by atoms with E-state index in [0.29, 0.717) is 23.7 Å². The van der Waals surface area contributed by atoms with E-state index >= 15 is 0 Å². The van der Waals surface area contributed by atoms with Crippen molar-refractivity contribution in [2.45, 2.75) is 18.9 Å². The van der Waals surface area contributed by atoms with Crippen LogP contribution in [0.1, 0.15) is 23.7 Å². The van der Waals surface area contributed by atoms with E-state index in [0.717, 1.165) is 7.57 Å². The van der Waals surface area contributed by atoms with E-state index in [1.807, 2.05) is 6.92 Å². The second-order valence-electron chi connectivity index (χ2n) is 3.59. The van der Waals surface area contributed by atoms with Gasteiger partial charge in [0.15, 0.2) is 0 Å². The average molecular weight is 424 g/mol. The van der Waals surface area contributed by atoms with Crippen molar-refractivity contribution >= 4 is 72.3 Å². The molecule has 1 amide bonds. The van der Waals surface area contributed by atoms with Gasteiger partial charge in [0.1, 0.15) is 0 Å². The summed E-state index contributed by atoms with van der Waals surface area (Å²) < 4.78 is 1.68. The molecule has 0 radical (unpaired) electrons. The largest absolute Gasteiger partial charge is 0.344 e. The first kappa shape index (κ1) is 15.8. The van der Waals surface area contributed by atoms with Gasteiger partial charge in [0.2, 0.25) is 0 Å². The maximum absolute atomic E-state index is 12.1. The third-order valence-electron chi connectivity index (χ3n) is 2.47. The first-order valence-electron chi connectivity index (χ1n) is 4.87. The fraction of sp³-hybridized carbons (Fsp3) is 0.500. The number of hydrogen-bond acceptors (Lipinski definition) is 2. The molecule has 0 aliphatic heterocycles. The number of alkyl halides is 2. The molecular formula is C10H11Br2Cl2NOS. The molecule has 1 aromatic rings. The molecule has 1 heterocycles. The van der Waals surface area contributed by atoms with E-state index in [1.54, 1.807) is 6.07 Å². The Hall–Kier alpha value is 0.710. The molecule has 0 saturated heterocycles. The zero-order valence-electron chi connectivity index (χ0n) is 9.03. The van der Waals surface area contributed by atoms with Gasteiger partial charge in [-0.15, -0.1) is 34.5 Å². The minimum absolute atomic E-state index is 0.165. The number of carbonyl (C=O) groups is 1. The van der Waals surface area contributed by atoms with Crippen LogP contribution in [-0.2, 0) is 0 Å². The van der Waals surface area contributed by atoms with Crippen LogP contribution in [0, 0.1) is 0 Å². The Bertz CT molecular complexity index is 399. The quantitative estimate of drug-likeness (QED) is 0.687. The van der Waals surface area contributed by atoms with Gasteiger partial charge in [-0.05, 0) is 44.3 Å². The Balaban J connectivity index is 2.88. The molecule has 96 valence electrons. The number of nitrogens with one attached hydrogen (secondary N) is 1. The van der Waals surface area contributed by atoms with Gasteiger partial charge in [-0.3, -0.25) is 4.79 Å². The lowest BCUT2D eigenvalue weighted by Crippen LogP contribution is -2.51. The van der Waals surface area contributed by atoms with Gasteiger partial charge in [-0.2, -0.15) is 0 Å². The summed E-state index contributed by atoms with van der Waals surface area (Å²) in [6.07, 6.45) is 0.689. The van der Waals surface area contributed by atoms with Crippen LogP contribution in [-0.4, -0.2) is 23.2 Å². The molecule has 0 fully saturated rings. The van der Waals surface area contributed by atoms with Crippen LogP contribution in [0.15, 0.2) is 13.6 Å². The van der Waals surface area contributed by atoms with Crippen molar-refractivity contribution in [1.29, 1.82) is 0 Å². The molecule has 0 atom stereocenters. The van der Waals surface area contributed by atoms with Crippen LogP contribution in [0.2, 0.25) is 0 Å². The van der Waals surface area contributed by atoms with Crippen molar-refractivity contribution in [2.24, 2.45) is 0 Å². The van der Waals surface area contributed by atoms with Crippen LogP contribution in [0.3, 0.4) is 0 Å². The van der Waals surface area contributed by atoms with Crippen molar-refractivity contribution in [3.63, 3.8) is 0 Å². The van der Waals surface area contributed by atoms with E-state index in [4.69, 9.17) is 23.2 Å². The fourth-order valence-electron chi connectivity index (χ4n) is 1.18. The van der Waals surface area contributed by atoms with E-state index in [-0.39, 0.29) is 5.91 Å². The molecule has 0 aliphatic rings. The predicted molar refractivity (Wildman–Crippen MR) is 81.6 cm³/mol. The number of rotatable bonds is 5. The van der Waals surface area contributed by atoms with Crippen molar-refractivity contribution in [2.75, 3.05) is 11.8 Å². The normalized spacial score (nSPS) is 11.6.